The van der Waals surface area contributed by atoms with Crippen LogP contribution in [-0.2, 0) is 26.5 Å². The van der Waals surface area contributed by atoms with E-state index in [2.05, 4.69) is 4.98 Å². The van der Waals surface area contributed by atoms with E-state index in [9.17, 15) is 16.8 Å². The maximum Gasteiger partial charge on any atom is 0.269 e. The standard InChI is InChI=1S/C25H25N3O4S2/c1-2-20-18-24-23(19-10-12-22(13-11-19)33(29,30)27-16-6-7-17-27)14-15-26-25(24)28(20)34(31,32)21-8-4-3-5-9-21/h3-5,8-15,18H,2,6-7,16-17H2,1H3. The van der Waals surface area contributed by atoms with E-state index in [1.807, 2.05) is 19.1 Å². The largest absolute Gasteiger partial charge is 0.269 e. The Hall–Kier alpha value is -3.01. The summed E-state index contributed by atoms with van der Waals surface area (Å²) in [6, 6.07) is 18.8. The first kappa shape index (κ1) is 22.8. The number of aromatic nitrogens is 2. The lowest BCUT2D eigenvalue weighted by Crippen LogP contribution is -2.27. The van der Waals surface area contributed by atoms with Crippen LogP contribution in [0.5, 0.6) is 0 Å². The van der Waals surface area contributed by atoms with Crippen LogP contribution in [0.25, 0.3) is 22.2 Å². The highest BCUT2D eigenvalue weighted by Crippen LogP contribution is 2.33. The minimum atomic E-state index is -3.83. The van der Waals surface area contributed by atoms with E-state index in [0.29, 0.717) is 36.2 Å². The van der Waals surface area contributed by atoms with Crippen molar-refractivity contribution in [2.45, 2.75) is 36.0 Å². The van der Waals surface area contributed by atoms with E-state index in [0.717, 1.165) is 24.0 Å². The van der Waals surface area contributed by atoms with Crippen molar-refractivity contribution < 1.29 is 16.8 Å². The third kappa shape index (κ3) is 3.73. The molecule has 0 radical (unpaired) electrons. The Morgan fingerprint density at radius 3 is 2.12 bits per heavy atom. The van der Waals surface area contributed by atoms with Crippen molar-refractivity contribution in [3.05, 3.63) is 78.6 Å². The molecule has 5 rings (SSSR count). The first-order valence-electron chi connectivity index (χ1n) is 11.2. The molecule has 0 aliphatic carbocycles. The van der Waals surface area contributed by atoms with Gasteiger partial charge in [-0.2, -0.15) is 4.31 Å². The molecule has 1 aliphatic rings. The van der Waals surface area contributed by atoms with Crippen LogP contribution >= 0.6 is 0 Å². The van der Waals surface area contributed by atoms with Crippen molar-refractivity contribution in [2.24, 2.45) is 0 Å². The number of benzene rings is 2. The number of hydrogen-bond donors (Lipinski definition) is 0. The molecule has 0 unspecified atom stereocenters. The maximum absolute atomic E-state index is 13.5. The number of rotatable bonds is 6. The summed E-state index contributed by atoms with van der Waals surface area (Å²) in [5, 5.41) is 0.703. The Bertz CT molecular complexity index is 1550. The van der Waals surface area contributed by atoms with E-state index < -0.39 is 20.0 Å². The van der Waals surface area contributed by atoms with Gasteiger partial charge in [0.2, 0.25) is 10.0 Å². The lowest BCUT2D eigenvalue weighted by atomic mass is 10.0. The molecule has 0 bridgehead atoms. The highest BCUT2D eigenvalue weighted by Gasteiger charge is 2.27. The van der Waals surface area contributed by atoms with E-state index in [-0.39, 0.29) is 9.79 Å². The Labute approximate surface area is 199 Å². The van der Waals surface area contributed by atoms with Crippen LogP contribution in [0.3, 0.4) is 0 Å². The summed E-state index contributed by atoms with van der Waals surface area (Å²) in [6.07, 6.45) is 3.86. The maximum atomic E-state index is 13.5. The molecule has 1 saturated heterocycles. The number of sulfonamides is 1. The molecule has 2 aromatic carbocycles. The van der Waals surface area contributed by atoms with Crippen molar-refractivity contribution in [3.63, 3.8) is 0 Å². The summed E-state index contributed by atoms with van der Waals surface area (Å²) >= 11 is 0. The predicted molar refractivity (Wildman–Crippen MR) is 132 cm³/mol. The molecule has 7 nitrogen and oxygen atoms in total. The van der Waals surface area contributed by atoms with E-state index in [1.165, 1.54) is 8.28 Å². The first-order chi connectivity index (χ1) is 16.3. The predicted octanol–water partition coefficient (Wildman–Crippen LogP) is 4.29. The molecule has 0 amide bonds. The van der Waals surface area contributed by atoms with Gasteiger partial charge in [0.25, 0.3) is 10.0 Å². The van der Waals surface area contributed by atoms with Crippen molar-refractivity contribution in [1.29, 1.82) is 0 Å². The minimum absolute atomic E-state index is 0.200. The second kappa shape index (κ2) is 8.65. The highest BCUT2D eigenvalue weighted by molar-refractivity contribution is 7.90. The molecule has 3 heterocycles. The molecular formula is C25H25N3O4S2. The van der Waals surface area contributed by atoms with Gasteiger partial charge in [0.1, 0.15) is 0 Å². The molecule has 0 atom stereocenters. The van der Waals surface area contributed by atoms with Gasteiger partial charge in [-0.15, -0.1) is 0 Å². The van der Waals surface area contributed by atoms with Crippen LogP contribution in [0.1, 0.15) is 25.5 Å². The van der Waals surface area contributed by atoms with Gasteiger partial charge in [0.05, 0.1) is 9.79 Å². The summed E-state index contributed by atoms with van der Waals surface area (Å²) in [4.78, 5) is 4.88. The molecule has 0 saturated carbocycles. The summed E-state index contributed by atoms with van der Waals surface area (Å²) in [5.74, 6) is 0. The van der Waals surface area contributed by atoms with Gasteiger partial charge >= 0.3 is 0 Å². The molecular weight excluding hydrogens is 470 g/mol. The summed E-state index contributed by atoms with van der Waals surface area (Å²) < 4.78 is 55.5. The molecule has 2 aromatic heterocycles. The lowest BCUT2D eigenvalue weighted by molar-refractivity contribution is 0.477. The molecule has 1 aliphatic heterocycles. The van der Waals surface area contributed by atoms with Crippen molar-refractivity contribution >= 4 is 31.1 Å². The van der Waals surface area contributed by atoms with Crippen molar-refractivity contribution in [3.8, 4) is 11.1 Å². The Morgan fingerprint density at radius 1 is 0.824 bits per heavy atom. The molecule has 34 heavy (non-hydrogen) atoms. The number of aryl methyl sites for hydroxylation is 1. The zero-order valence-corrected chi connectivity index (χ0v) is 20.4. The molecule has 0 N–H and O–H groups in total. The average molecular weight is 496 g/mol. The average Bonchev–Trinajstić information content (AvgIpc) is 3.53. The fraction of sp³-hybridized carbons (Fsp3) is 0.240. The van der Waals surface area contributed by atoms with Crippen LogP contribution in [0, 0.1) is 0 Å². The molecule has 9 heteroatoms. The Balaban J connectivity index is 1.61. The highest BCUT2D eigenvalue weighted by atomic mass is 32.2. The number of nitrogens with zero attached hydrogens (tertiary/aromatic N) is 3. The van der Waals surface area contributed by atoms with Gasteiger partial charge in [-0.05, 0) is 66.8 Å². The second-order valence-corrected chi connectivity index (χ2v) is 12.0. The van der Waals surface area contributed by atoms with E-state index in [1.54, 1.807) is 60.8 Å². The van der Waals surface area contributed by atoms with E-state index >= 15 is 0 Å². The Morgan fingerprint density at radius 2 is 1.47 bits per heavy atom. The normalized spacial score (nSPS) is 15.2. The van der Waals surface area contributed by atoms with Gasteiger partial charge in [-0.25, -0.2) is 25.8 Å². The van der Waals surface area contributed by atoms with Gasteiger partial charge in [-0.1, -0.05) is 37.3 Å². The fourth-order valence-electron chi connectivity index (χ4n) is 4.48. The zero-order chi connectivity index (χ0) is 23.9. The number of fused-ring (bicyclic) bond motifs is 1. The summed E-state index contributed by atoms with van der Waals surface area (Å²) in [6.45, 7) is 3.01. The number of hydrogen-bond acceptors (Lipinski definition) is 5. The van der Waals surface area contributed by atoms with Crippen LogP contribution in [0.4, 0.5) is 0 Å². The van der Waals surface area contributed by atoms with Gasteiger partial charge in [-0.3, -0.25) is 0 Å². The zero-order valence-electron chi connectivity index (χ0n) is 18.8. The van der Waals surface area contributed by atoms with Crippen LogP contribution in [-0.4, -0.2) is 43.2 Å². The fourth-order valence-corrected chi connectivity index (χ4v) is 7.57. The third-order valence-corrected chi connectivity index (χ3v) is 9.91. The monoisotopic (exact) mass is 495 g/mol. The van der Waals surface area contributed by atoms with Gasteiger partial charge in [0, 0.05) is 30.4 Å². The molecule has 176 valence electrons. The SMILES string of the molecule is CCc1cc2c(-c3ccc(S(=O)(=O)N4CCCC4)cc3)ccnc2n1S(=O)(=O)c1ccccc1. The smallest absolute Gasteiger partial charge is 0.237 e. The second-order valence-electron chi connectivity index (χ2n) is 8.30. The van der Waals surface area contributed by atoms with Crippen molar-refractivity contribution in [1.82, 2.24) is 13.3 Å². The topological polar surface area (TPSA) is 89.3 Å². The summed E-state index contributed by atoms with van der Waals surface area (Å²) in [5.41, 5.74) is 2.58. The van der Waals surface area contributed by atoms with Gasteiger partial charge < -0.3 is 0 Å². The minimum Gasteiger partial charge on any atom is -0.237 e. The quantitative estimate of drug-likeness (QED) is 0.398. The summed E-state index contributed by atoms with van der Waals surface area (Å²) in [7, 11) is -7.33. The number of pyridine rings is 1. The third-order valence-electron chi connectivity index (χ3n) is 6.25. The lowest BCUT2D eigenvalue weighted by Gasteiger charge is -2.15. The van der Waals surface area contributed by atoms with E-state index in [4.69, 9.17) is 0 Å². The van der Waals surface area contributed by atoms with Crippen LogP contribution < -0.4 is 0 Å². The van der Waals surface area contributed by atoms with Gasteiger partial charge in [0.15, 0.2) is 5.65 Å². The molecule has 0 spiro atoms. The first-order valence-corrected chi connectivity index (χ1v) is 14.1. The Kier molecular flexibility index (Phi) is 5.79. The molecule has 4 aromatic rings. The molecule has 1 fully saturated rings. The van der Waals surface area contributed by atoms with Crippen LogP contribution in [0.15, 0.2) is 82.7 Å². The van der Waals surface area contributed by atoms with Crippen molar-refractivity contribution in [2.75, 3.05) is 13.1 Å². The van der Waals surface area contributed by atoms with Crippen LogP contribution in [0.2, 0.25) is 0 Å².